The van der Waals surface area contributed by atoms with Crippen molar-refractivity contribution >= 4 is 11.4 Å². The van der Waals surface area contributed by atoms with Crippen LogP contribution < -0.4 is 11.5 Å². The van der Waals surface area contributed by atoms with Gasteiger partial charge in [-0.2, -0.15) is 0 Å². The topological polar surface area (TPSA) is 52.0 Å². The Bertz CT molecular complexity index is 1510. The summed E-state index contributed by atoms with van der Waals surface area (Å²) in [6, 6.07) is 32.3. The van der Waals surface area contributed by atoms with Crippen LogP contribution in [0.4, 0.5) is 11.4 Å². The van der Waals surface area contributed by atoms with Gasteiger partial charge >= 0.3 is 0 Å². The molecule has 2 atom stereocenters. The SMILES string of the molecule is CCCCCCCCCC(c1ccc(CCCCCCCCCc2ccc(C(CCCCCCCCC)c3ccc(N)cc3C)cc2)cc1)c1ccc(N)cc1C. The number of benzene rings is 4. The van der Waals surface area contributed by atoms with Crippen molar-refractivity contribution in [3.05, 3.63) is 129 Å². The van der Waals surface area contributed by atoms with Crippen molar-refractivity contribution in [3.8, 4) is 0 Å². The molecule has 4 aromatic rings. The molecule has 2 nitrogen and oxygen atoms in total. The van der Waals surface area contributed by atoms with Crippen LogP contribution >= 0.6 is 0 Å². The molecular formula is C55H82N2. The Kier molecular flexibility index (Phi) is 22.1. The highest BCUT2D eigenvalue weighted by Gasteiger charge is 2.18. The summed E-state index contributed by atoms with van der Waals surface area (Å²) in [5.41, 5.74) is 25.5. The summed E-state index contributed by atoms with van der Waals surface area (Å²) in [7, 11) is 0. The molecule has 0 aliphatic rings. The first-order valence-electron chi connectivity index (χ1n) is 23.8. The number of hydrogen-bond acceptors (Lipinski definition) is 2. The van der Waals surface area contributed by atoms with E-state index in [1.54, 1.807) is 0 Å². The van der Waals surface area contributed by atoms with Crippen LogP contribution in [-0.2, 0) is 12.8 Å². The Morgan fingerprint density at radius 1 is 0.368 bits per heavy atom. The average molecular weight is 771 g/mol. The van der Waals surface area contributed by atoms with Gasteiger partial charge in [-0.3, -0.25) is 0 Å². The lowest BCUT2D eigenvalue weighted by Crippen LogP contribution is -2.05. The van der Waals surface area contributed by atoms with Crippen LogP contribution in [0.25, 0.3) is 0 Å². The third-order valence-electron chi connectivity index (χ3n) is 12.7. The molecule has 4 N–H and O–H groups in total. The van der Waals surface area contributed by atoms with Gasteiger partial charge in [0.2, 0.25) is 0 Å². The highest BCUT2D eigenvalue weighted by molar-refractivity contribution is 5.49. The van der Waals surface area contributed by atoms with Gasteiger partial charge in [0.05, 0.1) is 0 Å². The normalized spacial score (nSPS) is 12.6. The first kappa shape index (κ1) is 46.2. The van der Waals surface area contributed by atoms with E-state index in [9.17, 15) is 0 Å². The van der Waals surface area contributed by atoms with Crippen molar-refractivity contribution in [2.24, 2.45) is 0 Å². The van der Waals surface area contributed by atoms with E-state index < -0.39 is 0 Å². The molecule has 57 heavy (non-hydrogen) atoms. The Labute approximate surface area is 351 Å². The van der Waals surface area contributed by atoms with Crippen molar-refractivity contribution in [1.82, 2.24) is 0 Å². The summed E-state index contributed by atoms with van der Waals surface area (Å²) >= 11 is 0. The lowest BCUT2D eigenvalue weighted by molar-refractivity contribution is 0.558. The fourth-order valence-corrected chi connectivity index (χ4v) is 9.17. The summed E-state index contributed by atoms with van der Waals surface area (Å²) in [6.45, 7) is 9.05. The maximum Gasteiger partial charge on any atom is 0.0316 e. The monoisotopic (exact) mass is 771 g/mol. The third-order valence-corrected chi connectivity index (χ3v) is 12.7. The first-order chi connectivity index (χ1) is 27.9. The fourth-order valence-electron chi connectivity index (χ4n) is 9.17. The van der Waals surface area contributed by atoms with E-state index in [0.717, 1.165) is 11.4 Å². The molecule has 0 saturated carbocycles. The van der Waals surface area contributed by atoms with Gasteiger partial charge in [0, 0.05) is 23.2 Å². The summed E-state index contributed by atoms with van der Waals surface area (Å²) in [6.07, 6.45) is 33.1. The van der Waals surface area contributed by atoms with Crippen LogP contribution in [0.3, 0.4) is 0 Å². The van der Waals surface area contributed by atoms with Gasteiger partial charge in [-0.1, -0.05) is 197 Å². The zero-order valence-corrected chi connectivity index (χ0v) is 37.1. The second kappa shape index (κ2) is 27.2. The van der Waals surface area contributed by atoms with E-state index in [2.05, 4.69) is 113 Å². The van der Waals surface area contributed by atoms with E-state index in [1.807, 2.05) is 0 Å². The smallest absolute Gasteiger partial charge is 0.0316 e. The Morgan fingerprint density at radius 2 is 0.684 bits per heavy atom. The van der Waals surface area contributed by atoms with Gasteiger partial charge in [-0.15, -0.1) is 0 Å². The van der Waals surface area contributed by atoms with Crippen LogP contribution in [0.15, 0.2) is 84.9 Å². The van der Waals surface area contributed by atoms with E-state index >= 15 is 0 Å². The molecule has 0 fully saturated rings. The fraction of sp³-hybridized carbons (Fsp3) is 0.564. The summed E-state index contributed by atoms with van der Waals surface area (Å²) in [5.74, 6) is 0.910. The minimum Gasteiger partial charge on any atom is -0.399 e. The lowest BCUT2D eigenvalue weighted by atomic mass is 9.84. The standard InChI is InChI=1S/C55H82N2/c1-5-7-9-11-14-20-24-28-54(52-40-38-50(56)42-44(52)3)48-34-30-46(31-35-48)26-22-18-16-13-17-19-23-27-47-32-36-49(37-33-47)55(29-25-21-15-12-10-8-6-2)53-41-39-51(57)43-45(53)4/h30-43,54-55H,5-29,56-57H2,1-4H3. The van der Waals surface area contributed by atoms with Crippen LogP contribution in [0.5, 0.6) is 0 Å². The number of rotatable bonds is 30. The van der Waals surface area contributed by atoms with Gasteiger partial charge in [0.15, 0.2) is 0 Å². The minimum absolute atomic E-state index is 0.455. The van der Waals surface area contributed by atoms with Gasteiger partial charge in [-0.25, -0.2) is 0 Å². The van der Waals surface area contributed by atoms with Crippen LogP contribution in [0, 0.1) is 13.8 Å². The van der Waals surface area contributed by atoms with Gasteiger partial charge in [0.25, 0.3) is 0 Å². The number of anilines is 2. The van der Waals surface area contributed by atoms with Crippen molar-refractivity contribution < 1.29 is 0 Å². The number of aryl methyl sites for hydroxylation is 4. The van der Waals surface area contributed by atoms with Crippen molar-refractivity contribution in [2.75, 3.05) is 11.5 Å². The predicted molar refractivity (Wildman–Crippen MR) is 253 cm³/mol. The zero-order valence-electron chi connectivity index (χ0n) is 37.1. The summed E-state index contributed by atoms with van der Waals surface area (Å²) in [4.78, 5) is 0. The molecule has 4 rings (SSSR count). The molecule has 0 aliphatic heterocycles. The second-order valence-corrected chi connectivity index (χ2v) is 17.6. The van der Waals surface area contributed by atoms with Crippen molar-refractivity contribution in [3.63, 3.8) is 0 Å². The first-order valence-corrected chi connectivity index (χ1v) is 23.8. The molecule has 312 valence electrons. The zero-order chi connectivity index (χ0) is 40.5. The molecular weight excluding hydrogens is 689 g/mol. The highest BCUT2D eigenvalue weighted by Crippen LogP contribution is 2.35. The van der Waals surface area contributed by atoms with Crippen molar-refractivity contribution in [1.29, 1.82) is 0 Å². The average Bonchev–Trinajstić information content (AvgIpc) is 3.21. The number of nitrogen functional groups attached to an aromatic ring is 2. The molecule has 0 saturated heterocycles. The molecule has 0 bridgehead atoms. The number of nitrogens with two attached hydrogens (primary N) is 2. The van der Waals surface area contributed by atoms with E-state index in [0.29, 0.717) is 11.8 Å². The molecule has 2 unspecified atom stereocenters. The molecule has 0 amide bonds. The molecule has 0 heterocycles. The maximum atomic E-state index is 6.14. The van der Waals surface area contributed by atoms with Crippen LogP contribution in [0.1, 0.15) is 218 Å². The molecule has 0 radical (unpaired) electrons. The quantitative estimate of drug-likeness (QED) is 0.0410. The summed E-state index contributed by atoms with van der Waals surface area (Å²) in [5, 5.41) is 0. The third kappa shape index (κ3) is 17.1. The maximum absolute atomic E-state index is 6.14. The Balaban J connectivity index is 1.14. The van der Waals surface area contributed by atoms with Crippen LogP contribution in [-0.4, -0.2) is 0 Å². The summed E-state index contributed by atoms with van der Waals surface area (Å²) < 4.78 is 0. The highest BCUT2D eigenvalue weighted by atomic mass is 14.5. The minimum atomic E-state index is 0.455. The van der Waals surface area contributed by atoms with E-state index in [-0.39, 0.29) is 0 Å². The number of hydrogen-bond donors (Lipinski definition) is 2. The van der Waals surface area contributed by atoms with Gasteiger partial charge in [-0.05, 0) is 121 Å². The second-order valence-electron chi connectivity index (χ2n) is 17.6. The van der Waals surface area contributed by atoms with Crippen LogP contribution in [0.2, 0.25) is 0 Å². The van der Waals surface area contributed by atoms with E-state index in [4.69, 9.17) is 11.5 Å². The Hall–Kier alpha value is -3.52. The molecule has 0 spiro atoms. The van der Waals surface area contributed by atoms with Gasteiger partial charge in [0.1, 0.15) is 0 Å². The molecule has 2 heteroatoms. The predicted octanol–water partition coefficient (Wildman–Crippen LogP) is 16.5. The van der Waals surface area contributed by atoms with Gasteiger partial charge < -0.3 is 11.5 Å². The van der Waals surface area contributed by atoms with Crippen molar-refractivity contribution in [2.45, 2.75) is 200 Å². The van der Waals surface area contributed by atoms with E-state index in [1.165, 1.54) is 205 Å². The number of unbranched alkanes of at least 4 members (excludes halogenated alkanes) is 18. The molecule has 0 aliphatic carbocycles. The largest absolute Gasteiger partial charge is 0.399 e. The Morgan fingerprint density at radius 3 is 1.02 bits per heavy atom. The lowest BCUT2D eigenvalue weighted by Gasteiger charge is -2.21. The molecule has 4 aromatic carbocycles. The molecule has 0 aromatic heterocycles.